The molecule has 0 fully saturated rings. The molecule has 152 valence electrons. The van der Waals surface area contributed by atoms with E-state index in [1.807, 2.05) is 60.7 Å². The van der Waals surface area contributed by atoms with Gasteiger partial charge in [-0.05, 0) is 40.5 Å². The number of fused-ring (bicyclic) bond motifs is 1. The number of nitrogens with one attached hydrogen (secondary N) is 1. The van der Waals surface area contributed by atoms with Gasteiger partial charge >= 0.3 is 0 Å². The molecule has 1 aliphatic heterocycles. The SMILES string of the molecule is O=C(Nc1nccs1)C(c1ccccc1)N1Cc2ccc(-c3ccncc3)cc2C1=O. The van der Waals surface area contributed by atoms with Gasteiger partial charge in [0.15, 0.2) is 5.13 Å². The normalized spacial score (nSPS) is 13.7. The smallest absolute Gasteiger partial charge is 0.255 e. The molecule has 4 aromatic rings. The van der Waals surface area contributed by atoms with Crippen LogP contribution in [0.1, 0.15) is 27.5 Å². The lowest BCUT2D eigenvalue weighted by atomic mass is 10.0. The van der Waals surface area contributed by atoms with E-state index in [0.29, 0.717) is 17.2 Å². The number of hydrogen-bond donors (Lipinski definition) is 1. The van der Waals surface area contributed by atoms with Crippen LogP contribution in [0.25, 0.3) is 11.1 Å². The van der Waals surface area contributed by atoms with E-state index in [1.165, 1.54) is 11.3 Å². The molecule has 7 heteroatoms. The number of anilines is 1. The molecule has 2 aromatic heterocycles. The van der Waals surface area contributed by atoms with Crippen molar-refractivity contribution in [3.63, 3.8) is 0 Å². The monoisotopic (exact) mass is 426 g/mol. The first-order chi connectivity index (χ1) is 15.2. The molecule has 1 aliphatic rings. The summed E-state index contributed by atoms with van der Waals surface area (Å²) in [6.07, 6.45) is 5.09. The fourth-order valence-corrected chi connectivity index (χ4v) is 4.35. The summed E-state index contributed by atoms with van der Waals surface area (Å²) in [6.45, 7) is 0.371. The molecule has 5 rings (SSSR count). The zero-order chi connectivity index (χ0) is 21.2. The molecular formula is C24H18N4O2S. The maximum absolute atomic E-state index is 13.4. The molecule has 31 heavy (non-hydrogen) atoms. The van der Waals surface area contributed by atoms with Crippen molar-refractivity contribution in [3.8, 4) is 11.1 Å². The molecule has 1 atom stereocenters. The van der Waals surface area contributed by atoms with Crippen molar-refractivity contribution in [1.82, 2.24) is 14.9 Å². The molecule has 0 saturated heterocycles. The maximum atomic E-state index is 13.4. The lowest BCUT2D eigenvalue weighted by molar-refractivity contribution is -0.120. The second kappa shape index (κ2) is 8.12. The highest BCUT2D eigenvalue weighted by Gasteiger charge is 2.37. The minimum absolute atomic E-state index is 0.158. The molecule has 0 aliphatic carbocycles. The Balaban J connectivity index is 1.49. The van der Waals surface area contributed by atoms with Crippen molar-refractivity contribution in [2.45, 2.75) is 12.6 Å². The first-order valence-corrected chi connectivity index (χ1v) is 10.7. The highest BCUT2D eigenvalue weighted by atomic mass is 32.1. The van der Waals surface area contributed by atoms with Gasteiger partial charge in [0.05, 0.1) is 0 Å². The van der Waals surface area contributed by atoms with Gasteiger partial charge in [-0.25, -0.2) is 4.98 Å². The summed E-state index contributed by atoms with van der Waals surface area (Å²) in [7, 11) is 0. The molecule has 2 aromatic carbocycles. The molecule has 1 unspecified atom stereocenters. The van der Waals surface area contributed by atoms with Crippen LogP contribution in [0.15, 0.2) is 84.6 Å². The van der Waals surface area contributed by atoms with Crippen LogP contribution in [0.5, 0.6) is 0 Å². The number of carbonyl (C=O) groups is 2. The summed E-state index contributed by atoms with van der Waals surface area (Å²) in [6, 6.07) is 18.3. The third-order valence-electron chi connectivity index (χ3n) is 5.29. The topological polar surface area (TPSA) is 75.2 Å². The minimum atomic E-state index is -0.755. The zero-order valence-electron chi connectivity index (χ0n) is 16.4. The van der Waals surface area contributed by atoms with Gasteiger partial charge in [0.2, 0.25) is 0 Å². The van der Waals surface area contributed by atoms with Crippen molar-refractivity contribution < 1.29 is 9.59 Å². The van der Waals surface area contributed by atoms with E-state index in [0.717, 1.165) is 22.3 Å². The van der Waals surface area contributed by atoms with Crippen molar-refractivity contribution >= 4 is 28.3 Å². The first kappa shape index (κ1) is 19.1. The Kier molecular flexibility index (Phi) is 5.01. The van der Waals surface area contributed by atoms with Crippen LogP contribution in [0.3, 0.4) is 0 Å². The number of hydrogen-bond acceptors (Lipinski definition) is 5. The van der Waals surface area contributed by atoms with Gasteiger partial charge in [-0.3, -0.25) is 19.9 Å². The summed E-state index contributed by atoms with van der Waals surface area (Å²) in [5, 5.41) is 5.16. The van der Waals surface area contributed by atoms with Crippen LogP contribution in [0.2, 0.25) is 0 Å². The van der Waals surface area contributed by atoms with Crippen molar-refractivity contribution in [3.05, 3.63) is 101 Å². The molecule has 0 bridgehead atoms. The van der Waals surface area contributed by atoms with Gasteiger partial charge < -0.3 is 4.90 Å². The second-order valence-corrected chi connectivity index (χ2v) is 8.08. The third kappa shape index (κ3) is 3.71. The molecule has 6 nitrogen and oxygen atoms in total. The van der Waals surface area contributed by atoms with Crippen LogP contribution < -0.4 is 5.32 Å². The zero-order valence-corrected chi connectivity index (χ0v) is 17.3. The van der Waals surface area contributed by atoms with Gasteiger partial charge in [-0.15, -0.1) is 11.3 Å². The van der Waals surface area contributed by atoms with E-state index in [9.17, 15) is 9.59 Å². The predicted molar refractivity (Wildman–Crippen MR) is 119 cm³/mol. The standard InChI is InChI=1S/C24H18N4O2S/c29-22(27-24-26-12-13-31-24)21(17-4-2-1-3-5-17)28-15-19-7-6-18(14-20(19)23(28)30)16-8-10-25-11-9-16/h1-14,21H,15H2,(H,26,27,29). The average Bonchev–Trinajstić information content (AvgIpc) is 3.43. The molecule has 0 saturated carbocycles. The van der Waals surface area contributed by atoms with Gasteiger partial charge in [-0.1, -0.05) is 42.5 Å². The van der Waals surface area contributed by atoms with Crippen LogP contribution >= 0.6 is 11.3 Å². The molecule has 0 spiro atoms. The van der Waals surface area contributed by atoms with E-state index in [2.05, 4.69) is 15.3 Å². The number of pyridine rings is 1. The Morgan fingerprint density at radius 1 is 1.00 bits per heavy atom. The lowest BCUT2D eigenvalue weighted by Crippen LogP contribution is -2.37. The summed E-state index contributed by atoms with van der Waals surface area (Å²) < 4.78 is 0. The highest BCUT2D eigenvalue weighted by Crippen LogP contribution is 2.34. The Morgan fingerprint density at radius 3 is 2.55 bits per heavy atom. The van der Waals surface area contributed by atoms with Crippen LogP contribution in [0.4, 0.5) is 5.13 Å². The fraction of sp³-hybridized carbons (Fsp3) is 0.0833. The summed E-state index contributed by atoms with van der Waals surface area (Å²) in [5.74, 6) is -0.439. The average molecular weight is 427 g/mol. The van der Waals surface area contributed by atoms with Gasteiger partial charge in [0.1, 0.15) is 6.04 Å². The van der Waals surface area contributed by atoms with Crippen molar-refractivity contribution in [2.24, 2.45) is 0 Å². The second-order valence-electron chi connectivity index (χ2n) is 7.18. The number of benzene rings is 2. The van der Waals surface area contributed by atoms with Crippen LogP contribution in [-0.4, -0.2) is 26.7 Å². The fourth-order valence-electron chi connectivity index (χ4n) is 3.82. The van der Waals surface area contributed by atoms with E-state index in [4.69, 9.17) is 0 Å². The first-order valence-electron chi connectivity index (χ1n) is 9.80. The van der Waals surface area contributed by atoms with Gasteiger partial charge in [0.25, 0.3) is 11.8 Å². The van der Waals surface area contributed by atoms with E-state index in [1.54, 1.807) is 28.9 Å². The number of carbonyl (C=O) groups excluding carboxylic acids is 2. The summed E-state index contributed by atoms with van der Waals surface area (Å²) in [5.41, 5.74) is 4.22. The Bertz CT molecular complexity index is 1230. The number of thiazole rings is 1. The summed E-state index contributed by atoms with van der Waals surface area (Å²) in [4.78, 5) is 36.5. The maximum Gasteiger partial charge on any atom is 0.255 e. The Hall–Kier alpha value is -3.84. The number of rotatable bonds is 5. The van der Waals surface area contributed by atoms with E-state index in [-0.39, 0.29) is 11.8 Å². The number of amides is 2. The van der Waals surface area contributed by atoms with Crippen molar-refractivity contribution in [1.29, 1.82) is 0 Å². The lowest BCUT2D eigenvalue weighted by Gasteiger charge is -2.27. The van der Waals surface area contributed by atoms with Gasteiger partial charge in [-0.2, -0.15) is 0 Å². The number of nitrogens with zero attached hydrogens (tertiary/aromatic N) is 3. The Morgan fingerprint density at radius 2 is 1.81 bits per heavy atom. The molecule has 1 N–H and O–H groups in total. The molecular weight excluding hydrogens is 408 g/mol. The van der Waals surface area contributed by atoms with E-state index >= 15 is 0 Å². The quantitative estimate of drug-likeness (QED) is 0.508. The van der Waals surface area contributed by atoms with Crippen LogP contribution in [-0.2, 0) is 11.3 Å². The molecule has 3 heterocycles. The number of aromatic nitrogens is 2. The molecule has 0 radical (unpaired) electrons. The van der Waals surface area contributed by atoms with Crippen molar-refractivity contribution in [2.75, 3.05) is 5.32 Å². The predicted octanol–water partition coefficient (Wildman–Crippen LogP) is 4.54. The minimum Gasteiger partial charge on any atom is -0.318 e. The van der Waals surface area contributed by atoms with Gasteiger partial charge in [0, 0.05) is 36.1 Å². The van der Waals surface area contributed by atoms with E-state index < -0.39 is 6.04 Å². The third-order valence-corrected chi connectivity index (χ3v) is 5.98. The van der Waals surface area contributed by atoms with Crippen LogP contribution in [0, 0.1) is 0 Å². The molecule has 2 amide bonds. The Labute approximate surface area is 183 Å². The largest absolute Gasteiger partial charge is 0.318 e. The highest BCUT2D eigenvalue weighted by molar-refractivity contribution is 7.13. The summed E-state index contributed by atoms with van der Waals surface area (Å²) >= 11 is 1.34.